The van der Waals surface area contributed by atoms with E-state index < -0.39 is 0 Å². The molecule has 5 nitrogen and oxygen atoms in total. The molecule has 1 aliphatic heterocycles. The predicted octanol–water partition coefficient (Wildman–Crippen LogP) is 2.18. The Morgan fingerprint density at radius 2 is 1.92 bits per heavy atom. The van der Waals surface area contributed by atoms with Crippen LogP contribution in [0.15, 0.2) is 24.3 Å². The molecule has 1 aliphatic rings. The van der Waals surface area contributed by atoms with Gasteiger partial charge in [0.15, 0.2) is 0 Å². The quantitative estimate of drug-likeness (QED) is 0.856. The van der Waals surface area contributed by atoms with Gasteiger partial charge in [-0.2, -0.15) is 0 Å². The summed E-state index contributed by atoms with van der Waals surface area (Å²) >= 11 is 0. The van der Waals surface area contributed by atoms with Crippen LogP contribution in [0.5, 0.6) is 5.75 Å². The van der Waals surface area contributed by atoms with Crippen molar-refractivity contribution in [3.8, 4) is 5.75 Å². The zero-order valence-corrected chi connectivity index (χ0v) is 16.0. The lowest BCUT2D eigenvalue weighted by molar-refractivity contribution is -0.133. The van der Waals surface area contributed by atoms with Gasteiger partial charge in [-0.1, -0.05) is 32.9 Å². The van der Waals surface area contributed by atoms with Crippen molar-refractivity contribution in [3.05, 3.63) is 29.8 Å². The van der Waals surface area contributed by atoms with E-state index in [-0.39, 0.29) is 17.4 Å². The molecule has 1 aromatic carbocycles. The molecule has 1 heterocycles. The molecule has 0 bridgehead atoms. The number of β-amino-alcohol motifs (C(OH)–C–C–N with tert-alkyl or cyclic N) is 1. The lowest BCUT2D eigenvalue weighted by Crippen LogP contribution is -2.51. The second kappa shape index (κ2) is 8.68. The Labute approximate surface area is 151 Å². The maximum absolute atomic E-state index is 12.4. The molecule has 1 atom stereocenters. The average molecular weight is 348 g/mol. The molecule has 140 valence electrons. The molecular formula is C20H32N2O3. The highest BCUT2D eigenvalue weighted by atomic mass is 16.5. The fraction of sp³-hybridized carbons (Fsp3) is 0.650. The van der Waals surface area contributed by atoms with E-state index in [2.05, 4.69) is 25.7 Å². The average Bonchev–Trinajstić information content (AvgIpc) is 2.59. The summed E-state index contributed by atoms with van der Waals surface area (Å²) in [5.41, 5.74) is 1.02. The number of piperazine rings is 1. The number of methoxy groups -OCH3 is 1. The minimum absolute atomic E-state index is 0.107. The van der Waals surface area contributed by atoms with Crippen molar-refractivity contribution in [1.29, 1.82) is 0 Å². The van der Waals surface area contributed by atoms with Crippen LogP contribution >= 0.6 is 0 Å². The molecule has 25 heavy (non-hydrogen) atoms. The zero-order chi connectivity index (χ0) is 18.4. The van der Waals surface area contributed by atoms with Gasteiger partial charge in [0.05, 0.1) is 13.2 Å². The van der Waals surface area contributed by atoms with Crippen molar-refractivity contribution in [3.63, 3.8) is 0 Å². The molecule has 0 spiro atoms. The summed E-state index contributed by atoms with van der Waals surface area (Å²) in [6, 6.07) is 7.88. The van der Waals surface area contributed by atoms with Crippen LogP contribution in [-0.4, -0.2) is 66.8 Å². The third-order valence-corrected chi connectivity index (χ3v) is 4.92. The Hall–Kier alpha value is -1.59. The highest BCUT2D eigenvalue weighted by Gasteiger charge is 2.27. The van der Waals surface area contributed by atoms with E-state index in [4.69, 9.17) is 4.74 Å². The van der Waals surface area contributed by atoms with Gasteiger partial charge in [-0.05, 0) is 29.5 Å². The van der Waals surface area contributed by atoms with E-state index in [1.54, 1.807) is 7.11 Å². The lowest BCUT2D eigenvalue weighted by atomic mass is 9.89. The minimum Gasteiger partial charge on any atom is -0.497 e. The van der Waals surface area contributed by atoms with Crippen LogP contribution < -0.4 is 4.74 Å². The summed E-state index contributed by atoms with van der Waals surface area (Å²) in [7, 11) is 1.65. The van der Waals surface area contributed by atoms with Crippen LogP contribution in [0.3, 0.4) is 0 Å². The predicted molar refractivity (Wildman–Crippen MR) is 99.8 cm³/mol. The van der Waals surface area contributed by atoms with Crippen molar-refractivity contribution in [2.75, 3.05) is 39.8 Å². The second-order valence-electron chi connectivity index (χ2n) is 7.91. The number of nitrogens with zero attached hydrogens (tertiary/aromatic N) is 2. The Morgan fingerprint density at radius 1 is 1.24 bits per heavy atom. The molecule has 0 aliphatic carbocycles. The van der Waals surface area contributed by atoms with Crippen LogP contribution in [0.4, 0.5) is 0 Å². The third-order valence-electron chi connectivity index (χ3n) is 4.92. The Bertz CT molecular complexity index is 560. The monoisotopic (exact) mass is 348 g/mol. The van der Waals surface area contributed by atoms with Gasteiger partial charge >= 0.3 is 0 Å². The maximum atomic E-state index is 12.4. The molecule has 2 rings (SSSR count). The Kier molecular flexibility index (Phi) is 6.85. The van der Waals surface area contributed by atoms with E-state index in [0.29, 0.717) is 13.0 Å². The molecule has 0 saturated carbocycles. The standard InChI is InChI=1S/C20H32N2O3/c1-20(2,3)18(23)15-21-10-12-22(13-11-21)19(24)9-8-16-6-5-7-17(14-16)25-4/h5-7,14,18,23H,8-13,15H2,1-4H3/t18-/m0/s1. The summed E-state index contributed by atoms with van der Waals surface area (Å²) in [6.45, 7) is 9.98. The van der Waals surface area contributed by atoms with Gasteiger partial charge in [-0.3, -0.25) is 9.69 Å². The second-order valence-corrected chi connectivity index (χ2v) is 7.91. The number of benzene rings is 1. The number of carbonyl (C=O) groups excluding carboxylic acids is 1. The Balaban J connectivity index is 1.75. The van der Waals surface area contributed by atoms with Gasteiger partial charge in [0.1, 0.15) is 5.75 Å². The zero-order valence-electron chi connectivity index (χ0n) is 16.0. The largest absolute Gasteiger partial charge is 0.497 e. The van der Waals surface area contributed by atoms with Gasteiger partial charge < -0.3 is 14.7 Å². The molecule has 0 aromatic heterocycles. The lowest BCUT2D eigenvalue weighted by Gasteiger charge is -2.38. The van der Waals surface area contributed by atoms with Gasteiger partial charge in [-0.15, -0.1) is 0 Å². The molecule has 5 heteroatoms. The fourth-order valence-corrected chi connectivity index (χ4v) is 2.94. The number of ether oxygens (including phenoxy) is 1. The molecular weight excluding hydrogens is 316 g/mol. The van der Waals surface area contributed by atoms with E-state index in [1.807, 2.05) is 29.2 Å². The summed E-state index contributed by atoms with van der Waals surface area (Å²) in [5, 5.41) is 10.2. The van der Waals surface area contributed by atoms with Gasteiger partial charge in [0.25, 0.3) is 0 Å². The maximum Gasteiger partial charge on any atom is 0.222 e. The van der Waals surface area contributed by atoms with Crippen LogP contribution in [0.25, 0.3) is 0 Å². The molecule has 1 N–H and O–H groups in total. The van der Waals surface area contributed by atoms with Crippen molar-refractivity contribution in [1.82, 2.24) is 9.80 Å². The van der Waals surface area contributed by atoms with Gasteiger partial charge in [0.2, 0.25) is 5.91 Å². The summed E-state index contributed by atoms with van der Waals surface area (Å²) in [4.78, 5) is 16.6. The number of aryl methyl sites for hydroxylation is 1. The van der Waals surface area contributed by atoms with Gasteiger partial charge in [0, 0.05) is 39.1 Å². The number of hydrogen-bond donors (Lipinski definition) is 1. The first-order valence-corrected chi connectivity index (χ1v) is 9.10. The van der Waals surface area contributed by atoms with Crippen molar-refractivity contribution < 1.29 is 14.6 Å². The van der Waals surface area contributed by atoms with Crippen LogP contribution in [0.2, 0.25) is 0 Å². The normalized spacial score (nSPS) is 17.4. The highest BCUT2D eigenvalue weighted by Crippen LogP contribution is 2.20. The molecule has 0 radical (unpaired) electrons. The molecule has 1 aromatic rings. The molecule has 1 saturated heterocycles. The van der Waals surface area contributed by atoms with E-state index in [0.717, 1.165) is 43.9 Å². The number of rotatable bonds is 6. The van der Waals surface area contributed by atoms with Crippen LogP contribution in [0.1, 0.15) is 32.8 Å². The topological polar surface area (TPSA) is 53.0 Å². The summed E-state index contributed by atoms with van der Waals surface area (Å²) in [5.74, 6) is 1.04. The van der Waals surface area contributed by atoms with Crippen LogP contribution in [0, 0.1) is 5.41 Å². The van der Waals surface area contributed by atoms with E-state index in [1.165, 1.54) is 0 Å². The fourth-order valence-electron chi connectivity index (χ4n) is 2.94. The van der Waals surface area contributed by atoms with E-state index >= 15 is 0 Å². The number of carbonyl (C=O) groups is 1. The first kappa shape index (κ1) is 19.7. The molecule has 0 unspecified atom stereocenters. The van der Waals surface area contributed by atoms with Gasteiger partial charge in [-0.25, -0.2) is 0 Å². The Morgan fingerprint density at radius 3 is 2.52 bits per heavy atom. The van der Waals surface area contributed by atoms with E-state index in [9.17, 15) is 9.90 Å². The summed E-state index contributed by atoms with van der Waals surface area (Å²) in [6.07, 6.45) is 0.916. The van der Waals surface area contributed by atoms with Crippen molar-refractivity contribution in [2.24, 2.45) is 5.41 Å². The van der Waals surface area contributed by atoms with Crippen molar-refractivity contribution >= 4 is 5.91 Å². The summed E-state index contributed by atoms with van der Waals surface area (Å²) < 4.78 is 5.22. The molecule has 1 amide bonds. The van der Waals surface area contributed by atoms with Crippen molar-refractivity contribution in [2.45, 2.75) is 39.7 Å². The number of amides is 1. The number of aliphatic hydroxyl groups is 1. The van der Waals surface area contributed by atoms with Crippen LogP contribution in [-0.2, 0) is 11.2 Å². The number of aliphatic hydroxyl groups excluding tert-OH is 1. The molecule has 1 fully saturated rings. The third kappa shape index (κ3) is 6.01. The first-order chi connectivity index (χ1) is 11.8. The number of hydrogen-bond acceptors (Lipinski definition) is 4. The first-order valence-electron chi connectivity index (χ1n) is 9.10. The highest BCUT2D eigenvalue weighted by molar-refractivity contribution is 5.76. The SMILES string of the molecule is COc1cccc(CCC(=O)N2CCN(C[C@H](O)C(C)(C)C)CC2)c1. The minimum atomic E-state index is -0.345. The smallest absolute Gasteiger partial charge is 0.222 e.